The van der Waals surface area contributed by atoms with Gasteiger partial charge in [0, 0.05) is 0 Å². The molecule has 250 valence electrons. The molecule has 11 aromatic rings. The van der Waals surface area contributed by atoms with Crippen LogP contribution in [0.5, 0.6) is 0 Å². The number of hydrogen-bond acceptors (Lipinski definition) is 2. The van der Waals surface area contributed by atoms with Crippen molar-refractivity contribution in [3.8, 4) is 44.5 Å². The van der Waals surface area contributed by atoms with E-state index in [1.807, 2.05) is 25.1 Å². The first-order valence-corrected chi connectivity index (χ1v) is 19.8. The minimum absolute atomic E-state index is 0.200. The van der Waals surface area contributed by atoms with Crippen LogP contribution in [-0.4, -0.2) is 14.5 Å². The molecular formula is C50H32O2Se. The molecule has 0 amide bonds. The third kappa shape index (κ3) is 4.45. The molecule has 0 atom stereocenters. The Labute approximate surface area is 312 Å². The zero-order chi connectivity index (χ0) is 35.2. The van der Waals surface area contributed by atoms with Crippen LogP contribution in [0.3, 0.4) is 0 Å². The molecule has 53 heavy (non-hydrogen) atoms. The molecule has 0 bridgehead atoms. The number of hydrogen-bond donors (Lipinski definition) is 0. The Hall–Kier alpha value is -6.12. The number of benzene rings is 8. The average molecular weight is 744 g/mol. The minimum atomic E-state index is 0.200. The van der Waals surface area contributed by atoms with Gasteiger partial charge in [0.2, 0.25) is 0 Å². The van der Waals surface area contributed by atoms with Crippen LogP contribution in [0.15, 0.2) is 167 Å². The Morgan fingerprint density at radius 3 is 1.23 bits per heavy atom. The van der Waals surface area contributed by atoms with E-state index in [0.29, 0.717) is 0 Å². The van der Waals surface area contributed by atoms with Crippen LogP contribution in [0.4, 0.5) is 0 Å². The maximum absolute atomic E-state index is 5.74. The van der Waals surface area contributed by atoms with Crippen molar-refractivity contribution in [2.75, 3.05) is 0 Å². The summed E-state index contributed by atoms with van der Waals surface area (Å²) in [7, 11) is 0. The van der Waals surface area contributed by atoms with Gasteiger partial charge < -0.3 is 0 Å². The fourth-order valence-electron chi connectivity index (χ4n) is 8.86. The summed E-state index contributed by atoms with van der Waals surface area (Å²) in [4.78, 5) is 0. The van der Waals surface area contributed by atoms with Crippen molar-refractivity contribution in [2.45, 2.75) is 13.8 Å². The summed E-state index contributed by atoms with van der Waals surface area (Å²) in [6.45, 7) is 4.27. The van der Waals surface area contributed by atoms with Gasteiger partial charge in [-0.25, -0.2) is 0 Å². The van der Waals surface area contributed by atoms with E-state index >= 15 is 0 Å². The zero-order valence-electron chi connectivity index (χ0n) is 29.2. The van der Waals surface area contributed by atoms with Gasteiger partial charge in [-0.1, -0.05) is 0 Å². The first-order chi connectivity index (χ1) is 26.2. The molecule has 8 aromatic carbocycles. The maximum atomic E-state index is 5.74. The second kappa shape index (κ2) is 11.7. The van der Waals surface area contributed by atoms with Crippen LogP contribution >= 0.6 is 0 Å². The van der Waals surface area contributed by atoms with Crippen LogP contribution in [0.1, 0.15) is 11.1 Å². The molecule has 3 heterocycles. The Morgan fingerprint density at radius 2 is 0.792 bits per heavy atom. The summed E-state index contributed by atoms with van der Waals surface area (Å²) in [6.07, 6.45) is 7.50. The first kappa shape index (κ1) is 30.5. The fourth-order valence-corrected chi connectivity index (χ4v) is 11.2. The van der Waals surface area contributed by atoms with Crippen LogP contribution in [0, 0.1) is 13.8 Å². The van der Waals surface area contributed by atoms with E-state index in [9.17, 15) is 0 Å². The quantitative estimate of drug-likeness (QED) is 0.133. The van der Waals surface area contributed by atoms with Gasteiger partial charge >= 0.3 is 314 Å². The van der Waals surface area contributed by atoms with Crippen molar-refractivity contribution in [1.82, 2.24) is 0 Å². The van der Waals surface area contributed by atoms with Crippen molar-refractivity contribution in [3.05, 3.63) is 170 Å². The third-order valence-corrected chi connectivity index (χ3v) is 13.5. The van der Waals surface area contributed by atoms with Crippen LogP contribution in [0.2, 0.25) is 0 Å². The third-order valence-electron chi connectivity index (χ3n) is 11.2. The Balaban J connectivity index is 1.23. The average Bonchev–Trinajstić information content (AvgIpc) is 3.93. The van der Waals surface area contributed by atoms with E-state index < -0.39 is 0 Å². The van der Waals surface area contributed by atoms with Gasteiger partial charge in [0.25, 0.3) is 0 Å². The molecule has 0 fully saturated rings. The summed E-state index contributed by atoms with van der Waals surface area (Å²) < 4.78 is 14.3. The number of rotatable bonds is 4. The van der Waals surface area contributed by atoms with Gasteiger partial charge in [-0.15, -0.1) is 0 Å². The van der Waals surface area contributed by atoms with E-state index in [1.54, 1.807) is 0 Å². The van der Waals surface area contributed by atoms with Crippen LogP contribution in [0.25, 0.3) is 107 Å². The molecule has 0 saturated heterocycles. The standard InChI is InChI=1S/C50H32O2Se/c1-29-25-51-27-42(29)48-34-14-5-3-12-32(34)46(33-13-4-6-15-35(33)48)31-22-23-44-41(24-31)50-40(20-11-21-45(50)53-44)47-36-16-7-9-18-38(36)49(43-28-52-26-30(43)2)39-19-10-8-17-37(39)47/h3-28H,1-2H3. The zero-order valence-corrected chi connectivity index (χ0v) is 30.9. The second-order valence-electron chi connectivity index (χ2n) is 14.1. The Kier molecular flexibility index (Phi) is 6.73. The SMILES string of the molecule is Cc1cocc1-c1c2ccccc2c(-c2ccc3[se]c4cccc(-c5c6ccccc6c(-c6cocc6C)c6ccccc56)c4c3c2)c2ccccc12. The van der Waals surface area contributed by atoms with Crippen molar-refractivity contribution in [3.63, 3.8) is 0 Å². The summed E-state index contributed by atoms with van der Waals surface area (Å²) in [5, 5.41) is 12.7. The molecule has 0 unspecified atom stereocenters. The predicted octanol–water partition coefficient (Wildman–Crippen LogP) is 14.1. The monoisotopic (exact) mass is 744 g/mol. The number of furan rings is 2. The van der Waals surface area contributed by atoms with Gasteiger partial charge in [-0.2, -0.15) is 0 Å². The number of fused-ring (bicyclic) bond motifs is 7. The van der Waals surface area contributed by atoms with Gasteiger partial charge in [0.1, 0.15) is 0 Å². The number of aryl methyl sites for hydroxylation is 2. The molecule has 2 nitrogen and oxygen atoms in total. The predicted molar refractivity (Wildman–Crippen MR) is 224 cm³/mol. The summed E-state index contributed by atoms with van der Waals surface area (Å²) >= 11 is 0.200. The Bertz CT molecular complexity index is 3150. The van der Waals surface area contributed by atoms with Gasteiger partial charge in [-0.3, -0.25) is 0 Å². The van der Waals surface area contributed by atoms with E-state index in [2.05, 4.69) is 147 Å². The fraction of sp³-hybridized carbons (Fsp3) is 0.0400. The normalized spacial score (nSPS) is 12.0. The molecule has 0 aliphatic rings. The molecule has 0 N–H and O–H groups in total. The van der Waals surface area contributed by atoms with Crippen molar-refractivity contribution in [2.24, 2.45) is 0 Å². The van der Waals surface area contributed by atoms with Crippen molar-refractivity contribution < 1.29 is 8.83 Å². The van der Waals surface area contributed by atoms with E-state index in [4.69, 9.17) is 8.83 Å². The van der Waals surface area contributed by atoms with Gasteiger partial charge in [0.15, 0.2) is 0 Å². The summed E-state index contributed by atoms with van der Waals surface area (Å²) in [5.74, 6) is 0. The molecule has 3 heteroatoms. The second-order valence-corrected chi connectivity index (χ2v) is 16.4. The summed E-state index contributed by atoms with van der Waals surface area (Å²) in [5.41, 5.74) is 12.2. The first-order valence-electron chi connectivity index (χ1n) is 18.0. The van der Waals surface area contributed by atoms with Crippen LogP contribution in [-0.2, 0) is 0 Å². The molecular weight excluding hydrogens is 712 g/mol. The molecule has 11 rings (SSSR count). The molecule has 0 aliphatic heterocycles. The molecule has 0 spiro atoms. The van der Waals surface area contributed by atoms with Crippen LogP contribution < -0.4 is 0 Å². The molecule has 0 radical (unpaired) electrons. The van der Waals surface area contributed by atoms with Crippen molar-refractivity contribution in [1.29, 1.82) is 0 Å². The molecule has 3 aromatic heterocycles. The summed E-state index contributed by atoms with van der Waals surface area (Å²) in [6, 6.07) is 49.8. The molecule has 0 saturated carbocycles. The van der Waals surface area contributed by atoms with Gasteiger partial charge in [-0.05, 0) is 0 Å². The Morgan fingerprint density at radius 1 is 0.358 bits per heavy atom. The van der Waals surface area contributed by atoms with Gasteiger partial charge in [0.05, 0.1) is 0 Å². The van der Waals surface area contributed by atoms with Crippen molar-refractivity contribution >= 4 is 76.9 Å². The topological polar surface area (TPSA) is 26.3 Å². The van der Waals surface area contributed by atoms with E-state index in [-0.39, 0.29) is 14.5 Å². The van der Waals surface area contributed by atoms with E-state index in [0.717, 1.165) is 22.3 Å². The van der Waals surface area contributed by atoms with E-state index in [1.165, 1.54) is 95.8 Å². The molecule has 0 aliphatic carbocycles.